The first-order valence-electron chi connectivity index (χ1n) is 3.19. The second-order valence-electron chi connectivity index (χ2n) is 2.38. The molecule has 0 unspecified atom stereocenters. The monoisotopic (exact) mass is 157 g/mol. The van der Waals surface area contributed by atoms with E-state index in [1.807, 2.05) is 0 Å². The number of nitrogens with one attached hydrogen (secondary N) is 1. The number of amides is 1. The van der Waals surface area contributed by atoms with Gasteiger partial charge in [-0.05, 0) is 12.8 Å². The van der Waals surface area contributed by atoms with Gasteiger partial charge in [-0.1, -0.05) is 0 Å². The summed E-state index contributed by atoms with van der Waals surface area (Å²) in [6, 6.07) is 0.0193. The number of Topliss-reactive ketones (excluding diaryl/α,β-unsaturated/α-hetero) is 1. The number of carboxylic acid groups (broad SMARTS) is 1. The summed E-state index contributed by atoms with van der Waals surface area (Å²) in [5.41, 5.74) is 0. The normalized spacial score (nSPS) is 15.6. The van der Waals surface area contributed by atoms with Crippen LogP contribution in [0.15, 0.2) is 0 Å². The Bertz CT molecular complexity index is 219. The molecule has 0 aliphatic heterocycles. The maximum atomic E-state index is 10.6. The minimum atomic E-state index is -1.71. The van der Waals surface area contributed by atoms with Gasteiger partial charge >= 0.3 is 11.8 Å². The van der Waals surface area contributed by atoms with E-state index in [0.29, 0.717) is 0 Å². The molecule has 1 saturated carbocycles. The molecule has 0 heterocycles. The van der Waals surface area contributed by atoms with Gasteiger partial charge in [0.25, 0.3) is 5.91 Å². The van der Waals surface area contributed by atoms with Crippen LogP contribution in [0.1, 0.15) is 12.8 Å². The maximum Gasteiger partial charge on any atom is 0.382 e. The lowest BCUT2D eigenvalue weighted by Gasteiger charge is -1.96. The molecule has 0 aromatic heterocycles. The van der Waals surface area contributed by atoms with E-state index in [1.165, 1.54) is 0 Å². The van der Waals surface area contributed by atoms with Crippen LogP contribution in [0.4, 0.5) is 0 Å². The highest BCUT2D eigenvalue weighted by Crippen LogP contribution is 2.18. The van der Waals surface area contributed by atoms with E-state index in [2.05, 4.69) is 5.32 Å². The Labute approximate surface area is 62.4 Å². The van der Waals surface area contributed by atoms with Crippen LogP contribution in [-0.2, 0) is 14.4 Å². The molecule has 1 aliphatic carbocycles. The van der Waals surface area contributed by atoms with Crippen molar-refractivity contribution in [1.29, 1.82) is 0 Å². The van der Waals surface area contributed by atoms with Crippen LogP contribution in [0.25, 0.3) is 0 Å². The molecule has 1 amide bonds. The number of rotatable bonds is 3. The molecule has 0 aromatic rings. The molecule has 1 rings (SSSR count). The van der Waals surface area contributed by atoms with Crippen LogP contribution >= 0.6 is 0 Å². The zero-order valence-electron chi connectivity index (χ0n) is 5.66. The standard InChI is InChI=1S/C6H7NO4/c8-4(6(10)11)5(9)7-3-1-2-3/h3H,1-2H2,(H,7,9)(H,10,11). The number of hydrogen-bond acceptors (Lipinski definition) is 3. The Hall–Kier alpha value is -1.39. The molecule has 0 bridgehead atoms. The fraction of sp³-hybridized carbons (Fsp3) is 0.500. The topological polar surface area (TPSA) is 83.5 Å². The minimum Gasteiger partial charge on any atom is -0.475 e. The molecule has 0 aromatic carbocycles. The summed E-state index contributed by atoms with van der Waals surface area (Å²) in [5.74, 6) is -4.11. The molecular formula is C6H7NO4. The van der Waals surface area contributed by atoms with Crippen LogP contribution in [0.5, 0.6) is 0 Å². The van der Waals surface area contributed by atoms with Crippen LogP contribution in [0, 0.1) is 0 Å². The van der Waals surface area contributed by atoms with E-state index < -0.39 is 17.7 Å². The van der Waals surface area contributed by atoms with Gasteiger partial charge in [0.05, 0.1) is 0 Å². The summed E-state index contributed by atoms with van der Waals surface area (Å²) >= 11 is 0. The van der Waals surface area contributed by atoms with E-state index in [9.17, 15) is 14.4 Å². The van der Waals surface area contributed by atoms with Gasteiger partial charge in [0.2, 0.25) is 0 Å². The van der Waals surface area contributed by atoms with Gasteiger partial charge in [0, 0.05) is 6.04 Å². The highest BCUT2D eigenvalue weighted by atomic mass is 16.4. The van der Waals surface area contributed by atoms with Crippen molar-refractivity contribution in [2.24, 2.45) is 0 Å². The molecular weight excluding hydrogens is 150 g/mol. The molecule has 1 fully saturated rings. The average Bonchev–Trinajstić information content (AvgIpc) is 2.69. The summed E-state index contributed by atoms with van der Waals surface area (Å²) in [7, 11) is 0. The molecule has 11 heavy (non-hydrogen) atoms. The van der Waals surface area contributed by atoms with Crippen molar-refractivity contribution in [1.82, 2.24) is 5.32 Å². The van der Waals surface area contributed by atoms with Crippen molar-refractivity contribution >= 4 is 17.7 Å². The Balaban J connectivity index is 2.39. The third-order valence-corrected chi connectivity index (χ3v) is 1.31. The lowest BCUT2D eigenvalue weighted by atomic mass is 10.4. The second-order valence-corrected chi connectivity index (χ2v) is 2.38. The fourth-order valence-corrected chi connectivity index (χ4v) is 0.576. The SMILES string of the molecule is O=C(O)C(=O)C(=O)NC1CC1. The molecule has 0 saturated heterocycles. The number of carbonyl (C=O) groups is 3. The predicted octanol–water partition coefficient (Wildman–Crippen LogP) is -1.08. The van der Waals surface area contributed by atoms with Crippen LogP contribution in [0.3, 0.4) is 0 Å². The van der Waals surface area contributed by atoms with Gasteiger partial charge in [0.15, 0.2) is 0 Å². The largest absolute Gasteiger partial charge is 0.475 e. The number of carboxylic acids is 1. The van der Waals surface area contributed by atoms with E-state index in [0.717, 1.165) is 12.8 Å². The zero-order valence-corrected chi connectivity index (χ0v) is 5.66. The first kappa shape index (κ1) is 7.71. The van der Waals surface area contributed by atoms with Gasteiger partial charge in [-0.3, -0.25) is 9.59 Å². The van der Waals surface area contributed by atoms with Gasteiger partial charge in [-0.2, -0.15) is 0 Å². The molecule has 0 radical (unpaired) electrons. The summed E-state index contributed by atoms with van der Waals surface area (Å²) < 4.78 is 0. The summed E-state index contributed by atoms with van der Waals surface area (Å²) in [6.07, 6.45) is 1.66. The number of aliphatic carboxylic acids is 1. The Kier molecular flexibility index (Phi) is 1.89. The van der Waals surface area contributed by atoms with Gasteiger partial charge < -0.3 is 10.4 Å². The summed E-state index contributed by atoms with van der Waals surface area (Å²) in [6.45, 7) is 0. The molecule has 1 aliphatic rings. The fourth-order valence-electron chi connectivity index (χ4n) is 0.576. The quantitative estimate of drug-likeness (QED) is 0.403. The minimum absolute atomic E-state index is 0.0193. The summed E-state index contributed by atoms with van der Waals surface area (Å²) in [4.78, 5) is 30.9. The lowest BCUT2D eigenvalue weighted by Crippen LogP contribution is -2.36. The lowest BCUT2D eigenvalue weighted by molar-refractivity contribution is -0.153. The number of hydrogen-bond donors (Lipinski definition) is 2. The third kappa shape index (κ3) is 2.03. The summed E-state index contributed by atoms with van der Waals surface area (Å²) in [5, 5.41) is 10.3. The van der Waals surface area contributed by atoms with Crippen LogP contribution in [-0.4, -0.2) is 28.8 Å². The Morgan fingerprint density at radius 1 is 1.27 bits per heavy atom. The smallest absolute Gasteiger partial charge is 0.382 e. The first-order chi connectivity index (χ1) is 5.11. The average molecular weight is 157 g/mol. The highest BCUT2D eigenvalue weighted by molar-refractivity contribution is 6.61. The third-order valence-electron chi connectivity index (χ3n) is 1.31. The highest BCUT2D eigenvalue weighted by Gasteiger charge is 2.29. The Morgan fingerprint density at radius 3 is 2.18 bits per heavy atom. The van der Waals surface area contributed by atoms with Crippen molar-refractivity contribution in [3.8, 4) is 0 Å². The molecule has 60 valence electrons. The molecule has 5 nitrogen and oxygen atoms in total. The Morgan fingerprint density at radius 2 is 1.82 bits per heavy atom. The van der Waals surface area contributed by atoms with Crippen molar-refractivity contribution in [3.63, 3.8) is 0 Å². The molecule has 2 N–H and O–H groups in total. The molecule has 5 heteroatoms. The van der Waals surface area contributed by atoms with Gasteiger partial charge in [-0.15, -0.1) is 0 Å². The van der Waals surface area contributed by atoms with Gasteiger partial charge in [-0.25, -0.2) is 4.79 Å². The maximum absolute atomic E-state index is 10.6. The molecule has 0 atom stereocenters. The van der Waals surface area contributed by atoms with Crippen molar-refractivity contribution in [2.45, 2.75) is 18.9 Å². The number of ketones is 1. The van der Waals surface area contributed by atoms with Crippen LogP contribution in [0.2, 0.25) is 0 Å². The second kappa shape index (κ2) is 2.69. The number of carbonyl (C=O) groups excluding carboxylic acids is 2. The van der Waals surface area contributed by atoms with Crippen molar-refractivity contribution in [3.05, 3.63) is 0 Å². The van der Waals surface area contributed by atoms with Crippen LogP contribution < -0.4 is 5.32 Å². The first-order valence-corrected chi connectivity index (χ1v) is 3.19. The van der Waals surface area contributed by atoms with E-state index in [-0.39, 0.29) is 6.04 Å². The van der Waals surface area contributed by atoms with E-state index in [4.69, 9.17) is 5.11 Å². The predicted molar refractivity (Wildman–Crippen MR) is 33.8 cm³/mol. The molecule has 0 spiro atoms. The zero-order chi connectivity index (χ0) is 8.43. The van der Waals surface area contributed by atoms with Crippen molar-refractivity contribution in [2.75, 3.05) is 0 Å². The van der Waals surface area contributed by atoms with Crippen molar-refractivity contribution < 1.29 is 19.5 Å². The van der Waals surface area contributed by atoms with E-state index in [1.54, 1.807) is 0 Å². The van der Waals surface area contributed by atoms with E-state index >= 15 is 0 Å². The van der Waals surface area contributed by atoms with Gasteiger partial charge in [0.1, 0.15) is 0 Å².